The summed E-state index contributed by atoms with van der Waals surface area (Å²) in [5.74, 6) is 0.951. The molecular formula is C19H36N4. The molecule has 0 saturated carbocycles. The average Bonchev–Trinajstić information content (AvgIpc) is 2.60. The van der Waals surface area contributed by atoms with E-state index in [1.807, 2.05) is 0 Å². The highest BCUT2D eigenvalue weighted by molar-refractivity contribution is 4.90. The topological polar surface area (TPSA) is 21.8 Å². The van der Waals surface area contributed by atoms with Crippen LogP contribution in [-0.4, -0.2) is 85.2 Å². The molecule has 4 fully saturated rings. The lowest BCUT2D eigenvalue weighted by atomic mass is 9.92. The molecule has 0 aromatic carbocycles. The van der Waals surface area contributed by atoms with Gasteiger partial charge in [-0.2, -0.15) is 0 Å². The van der Waals surface area contributed by atoms with E-state index in [0.717, 1.165) is 24.0 Å². The van der Waals surface area contributed by atoms with Crippen molar-refractivity contribution in [3.63, 3.8) is 0 Å². The maximum Gasteiger partial charge on any atom is 0.0120 e. The van der Waals surface area contributed by atoms with Crippen molar-refractivity contribution in [2.45, 2.75) is 63.6 Å². The monoisotopic (exact) mass is 320 g/mol. The molecule has 0 aliphatic carbocycles. The second-order valence-corrected chi connectivity index (χ2v) is 8.57. The highest BCUT2D eigenvalue weighted by atomic mass is 15.3. The third-order valence-electron chi connectivity index (χ3n) is 6.95. The Morgan fingerprint density at radius 1 is 0.609 bits per heavy atom. The number of rotatable bonds is 3. The second kappa shape index (κ2) is 7.38. The zero-order valence-electron chi connectivity index (χ0n) is 15.1. The Morgan fingerprint density at radius 3 is 1.52 bits per heavy atom. The van der Waals surface area contributed by atoms with Gasteiger partial charge >= 0.3 is 0 Å². The minimum Gasteiger partial charge on any atom is -0.317 e. The fraction of sp³-hybridized carbons (Fsp3) is 1.00. The van der Waals surface area contributed by atoms with Crippen LogP contribution in [0.3, 0.4) is 0 Å². The number of nitrogens with zero attached hydrogens (tertiary/aromatic N) is 3. The van der Waals surface area contributed by atoms with Gasteiger partial charge in [0.1, 0.15) is 0 Å². The van der Waals surface area contributed by atoms with Crippen LogP contribution in [0.4, 0.5) is 0 Å². The quantitative estimate of drug-likeness (QED) is 0.853. The number of piperidine rings is 3. The van der Waals surface area contributed by atoms with E-state index in [9.17, 15) is 0 Å². The van der Waals surface area contributed by atoms with Gasteiger partial charge in [0.05, 0.1) is 0 Å². The predicted molar refractivity (Wildman–Crippen MR) is 95.8 cm³/mol. The molecule has 0 aromatic heterocycles. The number of hydrogen-bond acceptors (Lipinski definition) is 4. The fourth-order valence-electron chi connectivity index (χ4n) is 5.45. The normalized spacial score (nSPS) is 32.2. The molecule has 0 radical (unpaired) electrons. The van der Waals surface area contributed by atoms with Crippen molar-refractivity contribution in [3.05, 3.63) is 0 Å². The van der Waals surface area contributed by atoms with E-state index < -0.39 is 0 Å². The van der Waals surface area contributed by atoms with Gasteiger partial charge in [-0.3, -0.25) is 4.90 Å². The molecule has 1 N–H and O–H groups in total. The largest absolute Gasteiger partial charge is 0.317 e. The van der Waals surface area contributed by atoms with Crippen molar-refractivity contribution in [2.75, 3.05) is 52.4 Å². The van der Waals surface area contributed by atoms with Crippen LogP contribution in [0.1, 0.15) is 45.4 Å². The first-order valence-corrected chi connectivity index (χ1v) is 10.2. The standard InChI is InChI=1S/C19H36N4/c1-16-14-23(15-16)19-6-12-22(13-7-19)18-4-10-21(11-5-18)17-2-8-20-9-3-17/h16-20H,2-15H2,1H3. The van der Waals surface area contributed by atoms with Crippen molar-refractivity contribution in [2.24, 2.45) is 5.92 Å². The Hall–Kier alpha value is -0.160. The molecule has 0 bridgehead atoms. The van der Waals surface area contributed by atoms with E-state index in [4.69, 9.17) is 0 Å². The summed E-state index contributed by atoms with van der Waals surface area (Å²) < 4.78 is 0. The summed E-state index contributed by atoms with van der Waals surface area (Å²) in [6.45, 7) is 13.0. The van der Waals surface area contributed by atoms with E-state index in [0.29, 0.717) is 0 Å². The molecular weight excluding hydrogens is 284 g/mol. The van der Waals surface area contributed by atoms with Gasteiger partial charge in [-0.1, -0.05) is 6.92 Å². The third kappa shape index (κ3) is 3.76. The predicted octanol–water partition coefficient (Wildman–Crippen LogP) is 1.62. The van der Waals surface area contributed by atoms with Gasteiger partial charge in [-0.15, -0.1) is 0 Å². The van der Waals surface area contributed by atoms with Crippen LogP contribution in [0.5, 0.6) is 0 Å². The third-order valence-corrected chi connectivity index (χ3v) is 6.95. The zero-order chi connectivity index (χ0) is 15.6. The second-order valence-electron chi connectivity index (χ2n) is 8.57. The highest BCUT2D eigenvalue weighted by Crippen LogP contribution is 2.28. The Labute approximate surface area is 142 Å². The molecule has 4 heterocycles. The fourth-order valence-corrected chi connectivity index (χ4v) is 5.45. The Balaban J connectivity index is 1.19. The van der Waals surface area contributed by atoms with Crippen molar-refractivity contribution >= 4 is 0 Å². The van der Waals surface area contributed by atoms with Crippen LogP contribution in [0.25, 0.3) is 0 Å². The van der Waals surface area contributed by atoms with Crippen LogP contribution in [0.15, 0.2) is 0 Å². The van der Waals surface area contributed by atoms with Gasteiger partial charge in [0.2, 0.25) is 0 Å². The maximum absolute atomic E-state index is 3.50. The van der Waals surface area contributed by atoms with Crippen LogP contribution < -0.4 is 5.32 Å². The lowest BCUT2D eigenvalue weighted by molar-refractivity contribution is 0.00488. The summed E-state index contributed by atoms with van der Waals surface area (Å²) in [5.41, 5.74) is 0. The molecule has 23 heavy (non-hydrogen) atoms. The van der Waals surface area contributed by atoms with E-state index in [2.05, 4.69) is 26.9 Å². The smallest absolute Gasteiger partial charge is 0.0120 e. The van der Waals surface area contributed by atoms with Gasteiger partial charge in [0.15, 0.2) is 0 Å². The number of likely N-dealkylation sites (tertiary alicyclic amines) is 3. The molecule has 0 unspecified atom stereocenters. The molecule has 4 rings (SSSR count). The van der Waals surface area contributed by atoms with E-state index >= 15 is 0 Å². The minimum atomic E-state index is 0.872. The summed E-state index contributed by atoms with van der Waals surface area (Å²) >= 11 is 0. The van der Waals surface area contributed by atoms with Gasteiger partial charge in [0.25, 0.3) is 0 Å². The molecule has 132 valence electrons. The molecule has 4 aliphatic heterocycles. The molecule has 0 aromatic rings. The minimum absolute atomic E-state index is 0.872. The van der Waals surface area contributed by atoms with Crippen LogP contribution in [-0.2, 0) is 0 Å². The molecule has 4 aliphatic rings. The zero-order valence-corrected chi connectivity index (χ0v) is 15.1. The first-order valence-electron chi connectivity index (χ1n) is 10.2. The molecule has 0 spiro atoms. The summed E-state index contributed by atoms with van der Waals surface area (Å²) in [7, 11) is 0. The van der Waals surface area contributed by atoms with E-state index in [1.165, 1.54) is 90.9 Å². The van der Waals surface area contributed by atoms with Crippen LogP contribution in [0.2, 0.25) is 0 Å². The van der Waals surface area contributed by atoms with Crippen molar-refractivity contribution in [3.8, 4) is 0 Å². The Kier molecular flexibility index (Phi) is 5.24. The maximum atomic E-state index is 3.50. The van der Waals surface area contributed by atoms with E-state index in [1.54, 1.807) is 0 Å². The molecule has 4 nitrogen and oxygen atoms in total. The number of hydrogen-bond donors (Lipinski definition) is 1. The highest BCUT2D eigenvalue weighted by Gasteiger charge is 2.34. The molecule has 0 amide bonds. The molecule has 4 saturated heterocycles. The number of nitrogens with one attached hydrogen (secondary N) is 1. The van der Waals surface area contributed by atoms with E-state index in [-0.39, 0.29) is 0 Å². The Bertz CT molecular complexity index is 360. The summed E-state index contributed by atoms with van der Waals surface area (Å²) in [6.07, 6.45) is 8.39. The lowest BCUT2D eigenvalue weighted by Gasteiger charge is -2.48. The molecule has 4 heteroatoms. The summed E-state index contributed by atoms with van der Waals surface area (Å²) in [5, 5.41) is 3.50. The summed E-state index contributed by atoms with van der Waals surface area (Å²) in [6, 6.07) is 2.65. The van der Waals surface area contributed by atoms with Gasteiger partial charge < -0.3 is 15.1 Å². The Morgan fingerprint density at radius 2 is 1.04 bits per heavy atom. The van der Waals surface area contributed by atoms with Crippen LogP contribution in [0, 0.1) is 5.92 Å². The van der Waals surface area contributed by atoms with Gasteiger partial charge in [-0.25, -0.2) is 0 Å². The van der Waals surface area contributed by atoms with Crippen molar-refractivity contribution in [1.82, 2.24) is 20.0 Å². The average molecular weight is 321 g/mol. The first-order chi connectivity index (χ1) is 11.3. The van der Waals surface area contributed by atoms with Gasteiger partial charge in [-0.05, 0) is 83.7 Å². The lowest BCUT2D eigenvalue weighted by Crippen LogP contribution is -2.56. The van der Waals surface area contributed by atoms with Crippen molar-refractivity contribution in [1.29, 1.82) is 0 Å². The first kappa shape index (κ1) is 16.3. The molecule has 0 atom stereocenters. The van der Waals surface area contributed by atoms with Crippen LogP contribution >= 0.6 is 0 Å². The summed E-state index contributed by atoms with van der Waals surface area (Å²) in [4.78, 5) is 8.37. The van der Waals surface area contributed by atoms with Gasteiger partial charge in [0, 0.05) is 31.2 Å². The SMILES string of the molecule is CC1CN(C2CCN(C3CCN(C4CCNCC4)CC3)CC2)C1. The van der Waals surface area contributed by atoms with Crippen molar-refractivity contribution < 1.29 is 0 Å².